The lowest BCUT2D eigenvalue weighted by Crippen LogP contribution is -2.40. The van der Waals surface area contributed by atoms with Crippen LogP contribution in [0.4, 0.5) is 5.69 Å². The number of carbonyl (C=O) groups is 2. The first-order valence-corrected chi connectivity index (χ1v) is 11.0. The Morgan fingerprint density at radius 3 is 2.78 bits per heavy atom. The number of anilines is 1. The summed E-state index contributed by atoms with van der Waals surface area (Å²) in [6.45, 7) is 3.20. The number of nitrogens with zero attached hydrogens (tertiary/aromatic N) is 2. The van der Waals surface area contributed by atoms with E-state index in [4.69, 9.17) is 4.74 Å². The van der Waals surface area contributed by atoms with Crippen LogP contribution >= 0.6 is 0 Å². The average molecular weight is 433 g/mol. The summed E-state index contributed by atoms with van der Waals surface area (Å²) in [7, 11) is 0. The van der Waals surface area contributed by atoms with Gasteiger partial charge in [-0.3, -0.25) is 9.48 Å². The van der Waals surface area contributed by atoms with E-state index in [1.54, 1.807) is 11.6 Å². The number of ether oxygens (including phenoxy) is 1. The van der Waals surface area contributed by atoms with Gasteiger partial charge in [-0.25, -0.2) is 4.79 Å². The Bertz CT molecular complexity index is 1080. The highest BCUT2D eigenvalue weighted by atomic mass is 16.5. The van der Waals surface area contributed by atoms with Gasteiger partial charge in [0.2, 0.25) is 5.91 Å². The third kappa shape index (κ3) is 5.23. The van der Waals surface area contributed by atoms with Crippen LogP contribution in [0.15, 0.2) is 60.8 Å². The van der Waals surface area contributed by atoms with Gasteiger partial charge in [0.05, 0.1) is 19.2 Å². The molecule has 7 heteroatoms. The van der Waals surface area contributed by atoms with Crippen LogP contribution in [0.3, 0.4) is 0 Å². The second kappa shape index (κ2) is 10.2. The molecule has 0 saturated heterocycles. The Kier molecular flexibility index (Phi) is 6.97. The second-order valence-electron chi connectivity index (χ2n) is 7.85. The van der Waals surface area contributed by atoms with Crippen molar-refractivity contribution in [2.75, 3.05) is 18.5 Å². The molecule has 32 heavy (non-hydrogen) atoms. The van der Waals surface area contributed by atoms with Crippen molar-refractivity contribution < 1.29 is 14.3 Å². The van der Waals surface area contributed by atoms with Crippen molar-refractivity contribution in [1.82, 2.24) is 15.1 Å². The van der Waals surface area contributed by atoms with Crippen LogP contribution in [0, 0.1) is 0 Å². The fourth-order valence-corrected chi connectivity index (χ4v) is 3.96. The van der Waals surface area contributed by atoms with Crippen LogP contribution in [0.1, 0.15) is 40.5 Å². The van der Waals surface area contributed by atoms with E-state index in [9.17, 15) is 9.59 Å². The molecular formula is C25H28N4O3. The summed E-state index contributed by atoms with van der Waals surface area (Å²) in [5.74, 6) is -0.447. The van der Waals surface area contributed by atoms with E-state index in [1.807, 2.05) is 60.8 Å². The second-order valence-corrected chi connectivity index (χ2v) is 7.85. The highest BCUT2D eigenvalue weighted by Crippen LogP contribution is 2.21. The van der Waals surface area contributed by atoms with Crippen molar-refractivity contribution in [2.24, 2.45) is 0 Å². The van der Waals surface area contributed by atoms with Crippen LogP contribution < -0.4 is 10.6 Å². The minimum atomic E-state index is -0.419. The maximum Gasteiger partial charge on any atom is 0.359 e. The zero-order chi connectivity index (χ0) is 22.3. The number of esters is 1. The minimum absolute atomic E-state index is 0.0275. The smallest absolute Gasteiger partial charge is 0.359 e. The number of hydrogen-bond donors (Lipinski definition) is 2. The molecule has 7 nitrogen and oxygen atoms in total. The molecule has 1 aromatic heterocycles. The molecule has 1 amide bonds. The summed E-state index contributed by atoms with van der Waals surface area (Å²) >= 11 is 0. The summed E-state index contributed by atoms with van der Waals surface area (Å²) in [6.07, 6.45) is 4.01. The summed E-state index contributed by atoms with van der Waals surface area (Å²) in [6, 6.07) is 17.6. The normalized spacial score (nSPS) is 15.5. The van der Waals surface area contributed by atoms with Gasteiger partial charge < -0.3 is 15.4 Å². The van der Waals surface area contributed by atoms with Gasteiger partial charge >= 0.3 is 5.97 Å². The molecule has 0 saturated carbocycles. The minimum Gasteiger partial charge on any atom is -0.461 e. The van der Waals surface area contributed by atoms with Crippen molar-refractivity contribution in [3.63, 3.8) is 0 Å². The Hall–Kier alpha value is -3.45. The SMILES string of the molecule is CCOC(=O)c1nn(Cc2ccccc2)cc1CCNC1CCc2ccccc2NC1=O. The number of amides is 1. The lowest BCUT2D eigenvalue weighted by atomic mass is 10.1. The molecule has 1 atom stereocenters. The maximum absolute atomic E-state index is 12.6. The number of aromatic nitrogens is 2. The number of rotatable bonds is 8. The van der Waals surface area contributed by atoms with Crippen molar-refractivity contribution in [3.8, 4) is 0 Å². The zero-order valence-electron chi connectivity index (χ0n) is 18.2. The molecule has 4 rings (SSSR count). The summed E-state index contributed by atoms with van der Waals surface area (Å²) < 4.78 is 6.97. The molecule has 0 fully saturated rings. The highest BCUT2D eigenvalue weighted by Gasteiger charge is 2.23. The first kappa shape index (κ1) is 21.8. The molecule has 0 radical (unpaired) electrons. The number of aryl methyl sites for hydroxylation is 1. The average Bonchev–Trinajstić information content (AvgIpc) is 3.12. The predicted molar refractivity (Wildman–Crippen MR) is 123 cm³/mol. The molecular weight excluding hydrogens is 404 g/mol. The van der Waals surface area contributed by atoms with Crippen LogP contribution in [0.2, 0.25) is 0 Å². The summed E-state index contributed by atoms with van der Waals surface area (Å²) in [5, 5.41) is 10.8. The maximum atomic E-state index is 12.6. The topological polar surface area (TPSA) is 85.2 Å². The van der Waals surface area contributed by atoms with Crippen molar-refractivity contribution in [3.05, 3.63) is 83.2 Å². The third-order valence-corrected chi connectivity index (χ3v) is 5.57. The van der Waals surface area contributed by atoms with Gasteiger partial charge in [0, 0.05) is 24.0 Å². The van der Waals surface area contributed by atoms with Gasteiger partial charge in [0.25, 0.3) is 0 Å². The quantitative estimate of drug-likeness (QED) is 0.534. The first-order valence-electron chi connectivity index (χ1n) is 11.0. The van der Waals surface area contributed by atoms with E-state index in [-0.39, 0.29) is 11.9 Å². The molecule has 0 spiro atoms. The van der Waals surface area contributed by atoms with Crippen molar-refractivity contribution in [1.29, 1.82) is 0 Å². The van der Waals surface area contributed by atoms with Crippen molar-refractivity contribution >= 4 is 17.6 Å². The van der Waals surface area contributed by atoms with Gasteiger partial charge in [-0.05, 0) is 43.4 Å². The zero-order valence-corrected chi connectivity index (χ0v) is 18.2. The van der Waals surface area contributed by atoms with Crippen LogP contribution in [-0.4, -0.2) is 40.9 Å². The van der Waals surface area contributed by atoms with Gasteiger partial charge in [-0.15, -0.1) is 0 Å². The van der Waals surface area contributed by atoms with E-state index < -0.39 is 5.97 Å². The standard InChI is InChI=1S/C25H28N4O3/c1-2-32-25(31)23-20(17-29(28-23)16-18-8-4-3-5-9-18)14-15-26-22-13-12-19-10-6-7-11-21(19)27-24(22)30/h3-11,17,22,26H,2,12-16H2,1H3,(H,27,30). The summed E-state index contributed by atoms with van der Waals surface area (Å²) in [5.41, 5.74) is 4.28. The third-order valence-electron chi connectivity index (χ3n) is 5.57. The highest BCUT2D eigenvalue weighted by molar-refractivity contribution is 5.96. The molecule has 2 aromatic carbocycles. The molecule has 2 N–H and O–H groups in total. The fourth-order valence-electron chi connectivity index (χ4n) is 3.96. The van der Waals surface area contributed by atoms with E-state index >= 15 is 0 Å². The Morgan fingerprint density at radius 2 is 1.97 bits per heavy atom. The number of nitrogens with one attached hydrogen (secondary N) is 2. The monoisotopic (exact) mass is 432 g/mol. The number of para-hydroxylation sites is 1. The van der Waals surface area contributed by atoms with Crippen LogP contribution in [-0.2, 0) is 28.9 Å². The van der Waals surface area contributed by atoms with Crippen LogP contribution in [0.25, 0.3) is 0 Å². The molecule has 1 unspecified atom stereocenters. The van der Waals surface area contributed by atoms with Gasteiger partial charge in [-0.1, -0.05) is 48.5 Å². The molecule has 166 valence electrons. The van der Waals surface area contributed by atoms with Gasteiger partial charge in [0.15, 0.2) is 5.69 Å². The number of hydrogen-bond acceptors (Lipinski definition) is 5. The van der Waals surface area contributed by atoms with Gasteiger partial charge in [0.1, 0.15) is 0 Å². The predicted octanol–water partition coefficient (Wildman–Crippen LogP) is 3.19. The number of carbonyl (C=O) groups excluding carboxylic acids is 2. The Morgan fingerprint density at radius 1 is 1.19 bits per heavy atom. The van der Waals surface area contributed by atoms with E-state index in [0.29, 0.717) is 31.8 Å². The van der Waals surface area contributed by atoms with E-state index in [0.717, 1.165) is 35.2 Å². The largest absolute Gasteiger partial charge is 0.461 e. The lowest BCUT2D eigenvalue weighted by molar-refractivity contribution is -0.118. The molecule has 3 aromatic rings. The molecule has 2 heterocycles. The van der Waals surface area contributed by atoms with E-state index in [2.05, 4.69) is 15.7 Å². The molecule has 0 bridgehead atoms. The van der Waals surface area contributed by atoms with Gasteiger partial charge in [-0.2, -0.15) is 5.10 Å². The number of fused-ring (bicyclic) bond motifs is 1. The first-order chi connectivity index (χ1) is 15.6. The number of benzene rings is 2. The van der Waals surface area contributed by atoms with Crippen molar-refractivity contribution in [2.45, 2.75) is 38.8 Å². The molecule has 0 aliphatic carbocycles. The Balaban J connectivity index is 1.41. The molecule has 1 aliphatic rings. The summed E-state index contributed by atoms with van der Waals surface area (Å²) in [4.78, 5) is 25.1. The lowest BCUT2D eigenvalue weighted by Gasteiger charge is -2.15. The fraction of sp³-hybridized carbons (Fsp3) is 0.320. The molecule has 1 aliphatic heterocycles. The van der Waals surface area contributed by atoms with Crippen LogP contribution in [0.5, 0.6) is 0 Å². The van der Waals surface area contributed by atoms with E-state index in [1.165, 1.54) is 0 Å². The Labute approximate surface area is 187 Å².